The number of pyridine rings is 1. The Labute approximate surface area is 242 Å². The number of carbonyl (C=O) groups excluding carboxylic acids is 2. The van der Waals surface area contributed by atoms with Gasteiger partial charge in [0.15, 0.2) is 0 Å². The van der Waals surface area contributed by atoms with Crippen LogP contribution in [-0.4, -0.2) is 29.5 Å². The highest BCUT2D eigenvalue weighted by Gasteiger charge is 2.59. The topological polar surface area (TPSA) is 92.4 Å². The SMILES string of the molecule is O=C(CNC(=O)c1ccc(C2=CC(c3cc(Cl)cc(Cl)c3)(C(F)(F)F)ON2)c2ccccc12)NCc1ccccn1. The summed E-state index contributed by atoms with van der Waals surface area (Å²) >= 11 is 12.0. The maximum atomic E-state index is 14.5. The molecular weight excluding hydrogens is 580 g/mol. The van der Waals surface area contributed by atoms with E-state index in [1.165, 1.54) is 18.2 Å². The van der Waals surface area contributed by atoms with Crippen molar-refractivity contribution in [3.8, 4) is 0 Å². The molecule has 2 heterocycles. The van der Waals surface area contributed by atoms with Crippen LogP contribution in [0.1, 0.15) is 27.2 Å². The number of hydrogen-bond acceptors (Lipinski definition) is 5. The minimum Gasteiger partial charge on any atom is -0.349 e. The van der Waals surface area contributed by atoms with Gasteiger partial charge in [0.2, 0.25) is 11.5 Å². The zero-order valence-corrected chi connectivity index (χ0v) is 22.6. The average Bonchev–Trinajstić information content (AvgIpc) is 3.41. The Balaban J connectivity index is 1.41. The first kappa shape index (κ1) is 28.4. The van der Waals surface area contributed by atoms with Gasteiger partial charge < -0.3 is 10.6 Å². The summed E-state index contributed by atoms with van der Waals surface area (Å²) in [6, 6.07) is 18.6. The van der Waals surface area contributed by atoms with Crippen LogP contribution >= 0.6 is 23.2 Å². The van der Waals surface area contributed by atoms with E-state index >= 15 is 0 Å². The summed E-state index contributed by atoms with van der Waals surface area (Å²) in [4.78, 5) is 34.6. The molecule has 0 fully saturated rings. The van der Waals surface area contributed by atoms with E-state index in [4.69, 9.17) is 28.0 Å². The lowest BCUT2D eigenvalue weighted by Gasteiger charge is -2.28. The lowest BCUT2D eigenvalue weighted by molar-refractivity contribution is -0.269. The predicted octanol–water partition coefficient (Wildman–Crippen LogP) is 5.92. The molecule has 12 heteroatoms. The van der Waals surface area contributed by atoms with Gasteiger partial charge in [-0.1, -0.05) is 59.6 Å². The van der Waals surface area contributed by atoms with Crippen LogP contribution < -0.4 is 16.1 Å². The first-order chi connectivity index (χ1) is 19.6. The first-order valence-corrected chi connectivity index (χ1v) is 13.0. The maximum Gasteiger partial charge on any atom is 0.428 e. The van der Waals surface area contributed by atoms with Crippen molar-refractivity contribution in [1.82, 2.24) is 21.1 Å². The van der Waals surface area contributed by atoms with Crippen molar-refractivity contribution in [2.45, 2.75) is 18.3 Å². The number of carbonyl (C=O) groups is 2. The van der Waals surface area contributed by atoms with Crippen LogP contribution in [0.25, 0.3) is 16.5 Å². The van der Waals surface area contributed by atoms with E-state index in [-0.39, 0.29) is 40.0 Å². The fourth-order valence-corrected chi connectivity index (χ4v) is 5.01. The third-order valence-electron chi connectivity index (χ3n) is 6.44. The summed E-state index contributed by atoms with van der Waals surface area (Å²) in [5, 5.41) is 6.26. The fourth-order valence-electron chi connectivity index (χ4n) is 4.49. The molecule has 0 aliphatic carbocycles. The summed E-state index contributed by atoms with van der Waals surface area (Å²) in [5.74, 6) is -0.935. The van der Waals surface area contributed by atoms with E-state index in [9.17, 15) is 22.8 Å². The van der Waals surface area contributed by atoms with Gasteiger partial charge in [0, 0.05) is 32.9 Å². The smallest absolute Gasteiger partial charge is 0.349 e. The highest BCUT2D eigenvalue weighted by atomic mass is 35.5. The van der Waals surface area contributed by atoms with Crippen molar-refractivity contribution in [2.75, 3.05) is 6.54 Å². The van der Waals surface area contributed by atoms with Gasteiger partial charge in [-0.15, -0.1) is 0 Å². The van der Waals surface area contributed by atoms with Crippen LogP contribution in [0.15, 0.2) is 85.1 Å². The first-order valence-electron chi connectivity index (χ1n) is 12.2. The molecule has 1 aliphatic rings. The molecule has 1 aliphatic heterocycles. The number of hydrogen-bond donors (Lipinski definition) is 3. The summed E-state index contributed by atoms with van der Waals surface area (Å²) in [5.41, 5.74) is 0.560. The molecule has 5 rings (SSSR count). The minimum atomic E-state index is -4.87. The highest BCUT2D eigenvalue weighted by Crippen LogP contribution is 2.48. The molecule has 210 valence electrons. The zero-order chi connectivity index (χ0) is 29.2. The molecule has 41 heavy (non-hydrogen) atoms. The van der Waals surface area contributed by atoms with Gasteiger partial charge in [0.1, 0.15) is 0 Å². The Hall–Kier alpha value is -4.12. The van der Waals surface area contributed by atoms with Crippen LogP contribution in [0.2, 0.25) is 10.0 Å². The lowest BCUT2D eigenvalue weighted by Crippen LogP contribution is -2.42. The third kappa shape index (κ3) is 5.85. The number of benzene rings is 3. The molecule has 3 N–H and O–H groups in total. The average molecular weight is 601 g/mol. The Morgan fingerprint density at radius 3 is 2.32 bits per heavy atom. The Morgan fingerprint density at radius 1 is 0.927 bits per heavy atom. The largest absolute Gasteiger partial charge is 0.428 e. The van der Waals surface area contributed by atoms with Gasteiger partial charge in [-0.2, -0.15) is 13.2 Å². The van der Waals surface area contributed by atoms with Gasteiger partial charge in [-0.3, -0.25) is 24.9 Å². The maximum absolute atomic E-state index is 14.5. The van der Waals surface area contributed by atoms with E-state index in [0.717, 1.165) is 18.2 Å². The zero-order valence-electron chi connectivity index (χ0n) is 21.1. The Kier molecular flexibility index (Phi) is 7.90. The van der Waals surface area contributed by atoms with E-state index in [1.54, 1.807) is 48.7 Å². The van der Waals surface area contributed by atoms with Gasteiger partial charge in [-0.05, 0) is 53.2 Å². The quantitative estimate of drug-likeness (QED) is 0.245. The molecule has 3 aromatic carbocycles. The Bertz CT molecular complexity index is 1640. The molecule has 0 saturated heterocycles. The standard InChI is InChI=1S/C29H21Cl2F3N4O3/c30-18-11-17(12-19(31)13-18)28(29(32,33)34)14-25(38-41-28)23-8-9-24(22-7-2-1-6-21(22)23)27(40)37-16-26(39)36-15-20-5-3-4-10-35-20/h1-14,38H,15-16H2,(H,36,39)(H,37,40). The molecule has 7 nitrogen and oxygen atoms in total. The van der Waals surface area contributed by atoms with Crippen LogP contribution in [0.5, 0.6) is 0 Å². The molecular formula is C29H21Cl2F3N4O3. The Morgan fingerprint density at radius 2 is 1.63 bits per heavy atom. The van der Waals surface area contributed by atoms with Gasteiger partial charge >= 0.3 is 6.18 Å². The molecule has 0 spiro atoms. The summed E-state index contributed by atoms with van der Waals surface area (Å²) in [7, 11) is 0. The van der Waals surface area contributed by atoms with E-state index in [2.05, 4.69) is 21.1 Å². The van der Waals surface area contributed by atoms with E-state index in [1.807, 2.05) is 0 Å². The second-order valence-electron chi connectivity index (χ2n) is 9.14. The van der Waals surface area contributed by atoms with E-state index < -0.39 is 23.6 Å². The van der Waals surface area contributed by atoms with Crippen molar-refractivity contribution >= 4 is 51.5 Å². The van der Waals surface area contributed by atoms with Crippen LogP contribution in [-0.2, 0) is 21.8 Å². The number of aromatic nitrogens is 1. The van der Waals surface area contributed by atoms with Crippen molar-refractivity contribution in [3.63, 3.8) is 0 Å². The van der Waals surface area contributed by atoms with Crippen molar-refractivity contribution in [3.05, 3.63) is 117 Å². The normalized spacial score (nSPS) is 16.7. The second-order valence-corrected chi connectivity index (χ2v) is 10.0. The molecule has 1 aromatic heterocycles. The summed E-state index contributed by atoms with van der Waals surface area (Å²) in [6.07, 6.45) is -2.34. The molecule has 1 atom stereocenters. The number of amides is 2. The molecule has 0 radical (unpaired) electrons. The molecule has 2 amide bonds. The summed E-state index contributed by atoms with van der Waals surface area (Å²) in [6.45, 7) is -0.0727. The number of fused-ring (bicyclic) bond motifs is 1. The highest BCUT2D eigenvalue weighted by molar-refractivity contribution is 6.34. The fraction of sp³-hybridized carbons (Fsp3) is 0.138. The molecule has 1 unspecified atom stereocenters. The summed E-state index contributed by atoms with van der Waals surface area (Å²) < 4.78 is 43.4. The van der Waals surface area contributed by atoms with Gasteiger partial charge in [-0.25, -0.2) is 0 Å². The number of halogens is 5. The number of nitrogens with zero attached hydrogens (tertiary/aromatic N) is 1. The van der Waals surface area contributed by atoms with Crippen molar-refractivity contribution in [2.24, 2.45) is 0 Å². The number of alkyl halides is 3. The predicted molar refractivity (Wildman–Crippen MR) is 149 cm³/mol. The van der Waals surface area contributed by atoms with Crippen molar-refractivity contribution in [1.29, 1.82) is 0 Å². The monoisotopic (exact) mass is 600 g/mol. The third-order valence-corrected chi connectivity index (χ3v) is 6.88. The number of hydroxylamine groups is 1. The number of rotatable bonds is 7. The molecule has 0 saturated carbocycles. The van der Waals surface area contributed by atoms with Gasteiger partial charge in [0.05, 0.1) is 24.5 Å². The van der Waals surface area contributed by atoms with Gasteiger partial charge in [0.25, 0.3) is 5.91 Å². The van der Waals surface area contributed by atoms with Crippen LogP contribution in [0, 0.1) is 0 Å². The van der Waals surface area contributed by atoms with Crippen LogP contribution in [0.3, 0.4) is 0 Å². The number of nitrogens with one attached hydrogen (secondary N) is 3. The lowest BCUT2D eigenvalue weighted by atomic mass is 9.90. The van der Waals surface area contributed by atoms with Crippen molar-refractivity contribution < 1.29 is 27.6 Å². The van der Waals surface area contributed by atoms with E-state index in [0.29, 0.717) is 22.0 Å². The minimum absolute atomic E-state index is 0.0211. The molecule has 0 bridgehead atoms. The second kappa shape index (κ2) is 11.4. The van der Waals surface area contributed by atoms with Crippen LogP contribution in [0.4, 0.5) is 13.2 Å². The molecule has 4 aromatic rings.